The maximum atomic E-state index is 11.1. The molecule has 0 fully saturated rings. The molecular formula is C11H12N4O2. The average molecular weight is 232 g/mol. The number of carbonyl (C=O) groups excluding carboxylic acids is 1. The van der Waals surface area contributed by atoms with Gasteiger partial charge in [0, 0.05) is 12.1 Å². The summed E-state index contributed by atoms with van der Waals surface area (Å²) in [6, 6.07) is 9.45. The highest BCUT2D eigenvalue weighted by atomic mass is 16.7. The maximum Gasteiger partial charge on any atom is 0.433 e. The van der Waals surface area contributed by atoms with Crippen LogP contribution in [-0.2, 0) is 0 Å². The molecule has 6 heteroatoms. The van der Waals surface area contributed by atoms with E-state index < -0.39 is 6.09 Å². The summed E-state index contributed by atoms with van der Waals surface area (Å²) in [5.41, 5.74) is 0.866. The molecule has 0 saturated carbocycles. The topological polar surface area (TPSA) is 69.0 Å². The van der Waals surface area contributed by atoms with Gasteiger partial charge in [-0.05, 0) is 6.92 Å². The Labute approximate surface area is 98.2 Å². The second kappa shape index (κ2) is 5.11. The molecule has 0 bridgehead atoms. The number of hydrogen-bond acceptors (Lipinski definition) is 4. The van der Waals surface area contributed by atoms with E-state index in [1.807, 2.05) is 30.3 Å². The van der Waals surface area contributed by atoms with Gasteiger partial charge < -0.3 is 5.32 Å². The molecule has 0 aliphatic heterocycles. The predicted molar refractivity (Wildman–Crippen MR) is 61.1 cm³/mol. The highest BCUT2D eigenvalue weighted by Crippen LogP contribution is 2.12. The highest BCUT2D eigenvalue weighted by molar-refractivity contribution is 5.67. The summed E-state index contributed by atoms with van der Waals surface area (Å²) < 4.78 is 0. The lowest BCUT2D eigenvalue weighted by atomic mass is 10.2. The molecule has 0 radical (unpaired) electrons. The molecular weight excluding hydrogens is 220 g/mol. The smallest absolute Gasteiger partial charge is 0.320 e. The molecule has 1 amide bonds. The van der Waals surface area contributed by atoms with Crippen LogP contribution in [0.3, 0.4) is 0 Å². The number of hydrogen-bond donors (Lipinski definition) is 1. The Kier molecular flexibility index (Phi) is 3.34. The normalized spacial score (nSPS) is 9.94. The van der Waals surface area contributed by atoms with Crippen LogP contribution in [0.4, 0.5) is 4.79 Å². The zero-order valence-electron chi connectivity index (χ0n) is 9.33. The van der Waals surface area contributed by atoms with Gasteiger partial charge in [0.1, 0.15) is 0 Å². The van der Waals surface area contributed by atoms with Crippen LogP contribution in [0.25, 0.3) is 11.4 Å². The van der Waals surface area contributed by atoms with Crippen molar-refractivity contribution in [3.05, 3.63) is 36.7 Å². The van der Waals surface area contributed by atoms with Crippen molar-refractivity contribution in [3.8, 4) is 11.4 Å². The zero-order valence-corrected chi connectivity index (χ0v) is 9.33. The fourth-order valence-corrected chi connectivity index (χ4v) is 1.27. The highest BCUT2D eigenvalue weighted by Gasteiger charge is 2.06. The number of amides is 1. The van der Waals surface area contributed by atoms with Crippen LogP contribution in [0.1, 0.15) is 6.92 Å². The largest absolute Gasteiger partial charge is 0.433 e. The lowest BCUT2D eigenvalue weighted by Crippen LogP contribution is -2.32. The molecule has 17 heavy (non-hydrogen) atoms. The van der Waals surface area contributed by atoms with Crippen molar-refractivity contribution in [1.29, 1.82) is 0 Å². The van der Waals surface area contributed by atoms with E-state index in [1.165, 1.54) is 6.33 Å². The van der Waals surface area contributed by atoms with Crippen molar-refractivity contribution in [2.24, 2.45) is 0 Å². The van der Waals surface area contributed by atoms with Crippen LogP contribution >= 0.6 is 0 Å². The van der Waals surface area contributed by atoms with Crippen LogP contribution in [0, 0.1) is 0 Å². The Morgan fingerprint density at radius 3 is 2.88 bits per heavy atom. The Bertz CT molecular complexity index is 495. The maximum absolute atomic E-state index is 11.1. The SMILES string of the molecule is CCNC(=O)On1cnc(-c2ccccc2)n1. The number of benzene rings is 1. The Balaban J connectivity index is 2.09. The van der Waals surface area contributed by atoms with Gasteiger partial charge in [0.2, 0.25) is 0 Å². The lowest BCUT2D eigenvalue weighted by Gasteiger charge is -2.01. The standard InChI is InChI=1S/C11H12N4O2/c1-2-12-11(16)17-15-8-13-10(14-15)9-6-4-3-5-7-9/h3-8H,2H2,1H3,(H,12,16). The van der Waals surface area contributed by atoms with Crippen LogP contribution in [-0.4, -0.2) is 27.6 Å². The summed E-state index contributed by atoms with van der Waals surface area (Å²) in [6.45, 7) is 2.30. The van der Waals surface area contributed by atoms with Crippen LogP contribution in [0.5, 0.6) is 0 Å². The van der Waals surface area contributed by atoms with E-state index >= 15 is 0 Å². The number of carbonyl (C=O) groups is 1. The first-order valence-electron chi connectivity index (χ1n) is 5.23. The summed E-state index contributed by atoms with van der Waals surface area (Å²) in [5, 5.41) is 6.52. The zero-order chi connectivity index (χ0) is 12.1. The first-order chi connectivity index (χ1) is 8.29. The molecule has 2 rings (SSSR count). The average Bonchev–Trinajstić information content (AvgIpc) is 2.79. The Morgan fingerprint density at radius 1 is 1.41 bits per heavy atom. The molecule has 0 aliphatic rings. The van der Waals surface area contributed by atoms with E-state index in [4.69, 9.17) is 4.84 Å². The van der Waals surface area contributed by atoms with Gasteiger partial charge in [-0.15, -0.1) is 5.10 Å². The number of nitrogens with one attached hydrogen (secondary N) is 1. The lowest BCUT2D eigenvalue weighted by molar-refractivity contribution is 0.116. The Morgan fingerprint density at radius 2 is 2.18 bits per heavy atom. The minimum Gasteiger partial charge on any atom is -0.320 e. The molecule has 1 aromatic carbocycles. The quantitative estimate of drug-likeness (QED) is 0.860. The minimum atomic E-state index is -0.558. The number of nitrogens with zero attached hydrogens (tertiary/aromatic N) is 3. The number of aromatic nitrogens is 3. The van der Waals surface area contributed by atoms with Crippen molar-refractivity contribution in [1.82, 2.24) is 20.2 Å². The van der Waals surface area contributed by atoms with Gasteiger partial charge in [0.25, 0.3) is 0 Å². The van der Waals surface area contributed by atoms with E-state index in [0.29, 0.717) is 12.4 Å². The van der Waals surface area contributed by atoms with Gasteiger partial charge in [0.05, 0.1) is 0 Å². The third-order valence-corrected chi connectivity index (χ3v) is 2.00. The molecule has 0 unspecified atom stereocenters. The van der Waals surface area contributed by atoms with E-state index in [-0.39, 0.29) is 0 Å². The van der Waals surface area contributed by atoms with E-state index in [0.717, 1.165) is 10.4 Å². The monoisotopic (exact) mass is 232 g/mol. The van der Waals surface area contributed by atoms with Crippen molar-refractivity contribution < 1.29 is 9.63 Å². The summed E-state index contributed by atoms with van der Waals surface area (Å²) in [5.74, 6) is 0.509. The first-order valence-corrected chi connectivity index (χ1v) is 5.23. The van der Waals surface area contributed by atoms with Crippen molar-refractivity contribution in [3.63, 3.8) is 0 Å². The second-order valence-electron chi connectivity index (χ2n) is 3.25. The molecule has 1 N–H and O–H groups in total. The predicted octanol–water partition coefficient (Wildman–Crippen LogP) is 1.10. The van der Waals surface area contributed by atoms with Gasteiger partial charge in [-0.3, -0.25) is 4.84 Å². The van der Waals surface area contributed by atoms with E-state index in [2.05, 4.69) is 15.4 Å². The van der Waals surface area contributed by atoms with Gasteiger partial charge in [-0.1, -0.05) is 35.2 Å². The fraction of sp³-hybridized carbons (Fsp3) is 0.182. The van der Waals surface area contributed by atoms with Gasteiger partial charge >= 0.3 is 6.09 Å². The van der Waals surface area contributed by atoms with Crippen molar-refractivity contribution in [2.45, 2.75) is 6.92 Å². The third-order valence-electron chi connectivity index (χ3n) is 2.00. The van der Waals surface area contributed by atoms with Gasteiger partial charge in [-0.2, -0.15) is 0 Å². The van der Waals surface area contributed by atoms with Crippen LogP contribution in [0.15, 0.2) is 36.7 Å². The first kappa shape index (κ1) is 11.1. The van der Waals surface area contributed by atoms with Crippen molar-refractivity contribution >= 4 is 6.09 Å². The molecule has 6 nitrogen and oxygen atoms in total. The molecule has 1 heterocycles. The third kappa shape index (κ3) is 2.81. The molecule has 88 valence electrons. The minimum absolute atomic E-state index is 0.499. The fourth-order valence-electron chi connectivity index (χ4n) is 1.27. The molecule has 0 aliphatic carbocycles. The summed E-state index contributed by atoms with van der Waals surface area (Å²) >= 11 is 0. The Hall–Kier alpha value is -2.37. The second-order valence-corrected chi connectivity index (χ2v) is 3.25. The molecule has 0 atom stereocenters. The molecule has 2 aromatic rings. The van der Waals surface area contributed by atoms with Gasteiger partial charge in [-0.25, -0.2) is 9.78 Å². The summed E-state index contributed by atoms with van der Waals surface area (Å²) in [4.78, 5) is 21.1. The van der Waals surface area contributed by atoms with E-state index in [1.54, 1.807) is 6.92 Å². The van der Waals surface area contributed by atoms with Crippen molar-refractivity contribution in [2.75, 3.05) is 6.54 Å². The summed E-state index contributed by atoms with van der Waals surface area (Å²) in [7, 11) is 0. The van der Waals surface area contributed by atoms with E-state index in [9.17, 15) is 4.79 Å². The number of rotatable bonds is 3. The van der Waals surface area contributed by atoms with Gasteiger partial charge in [0.15, 0.2) is 12.2 Å². The van der Waals surface area contributed by atoms with Crippen LogP contribution < -0.4 is 10.2 Å². The molecule has 0 saturated heterocycles. The molecule has 1 aromatic heterocycles. The summed E-state index contributed by atoms with van der Waals surface area (Å²) in [6.07, 6.45) is 0.786. The van der Waals surface area contributed by atoms with Crippen LogP contribution in [0.2, 0.25) is 0 Å². The molecule has 0 spiro atoms.